The summed E-state index contributed by atoms with van der Waals surface area (Å²) in [6, 6.07) is 0. The quantitative estimate of drug-likeness (QED) is 0.0770. The van der Waals surface area contributed by atoms with Gasteiger partial charge in [0, 0.05) is 6.61 Å². The molecule has 0 aliphatic carbocycles. The second kappa shape index (κ2) is 25.3. The van der Waals surface area contributed by atoms with E-state index in [1.807, 2.05) is 0 Å². The smallest absolute Gasteiger partial charge is 0.192 e. The molecule has 36 heavy (non-hydrogen) atoms. The van der Waals surface area contributed by atoms with Crippen LogP contribution in [0.15, 0.2) is 0 Å². The molecule has 0 radical (unpaired) electrons. The number of hydrogen-bond acceptors (Lipinski definition) is 6. The average molecular weight is 535 g/mol. The van der Waals surface area contributed by atoms with E-state index in [1.54, 1.807) is 0 Å². The molecule has 0 aliphatic rings. The zero-order valence-electron chi connectivity index (χ0n) is 25.0. The Morgan fingerprint density at radius 2 is 0.722 bits per heavy atom. The lowest BCUT2D eigenvalue weighted by Gasteiger charge is -2.36. The molecule has 0 spiro atoms. The average Bonchev–Trinajstić information content (AvgIpc) is 2.82. The molecule has 0 saturated heterocycles. The van der Waals surface area contributed by atoms with Gasteiger partial charge in [0.25, 0.3) is 0 Å². The van der Waals surface area contributed by atoms with Crippen LogP contribution in [0.2, 0.25) is 18.1 Å². The topological polar surface area (TPSA) is 55.4 Å². The summed E-state index contributed by atoms with van der Waals surface area (Å²) in [5.41, 5.74) is 0. The molecule has 0 unspecified atom stereocenters. The van der Waals surface area contributed by atoms with Crippen LogP contribution in [0.5, 0.6) is 0 Å². The lowest BCUT2D eigenvalue weighted by atomic mass is 10.1. The van der Waals surface area contributed by atoms with E-state index in [0.29, 0.717) is 66.1 Å². The molecule has 7 heteroatoms. The van der Waals surface area contributed by atoms with Gasteiger partial charge in [0.2, 0.25) is 0 Å². The van der Waals surface area contributed by atoms with Crippen molar-refractivity contribution in [2.45, 2.75) is 116 Å². The van der Waals surface area contributed by atoms with E-state index in [2.05, 4.69) is 40.8 Å². The van der Waals surface area contributed by atoms with Crippen molar-refractivity contribution < 1.29 is 28.1 Å². The molecular formula is C29H62O6Si. The van der Waals surface area contributed by atoms with E-state index in [9.17, 15) is 0 Å². The normalized spacial score (nSPS) is 12.5. The van der Waals surface area contributed by atoms with Crippen LogP contribution in [0.1, 0.15) is 98.3 Å². The van der Waals surface area contributed by atoms with Crippen LogP contribution >= 0.6 is 0 Å². The van der Waals surface area contributed by atoms with Gasteiger partial charge in [-0.05, 0) is 24.6 Å². The van der Waals surface area contributed by atoms with Crippen molar-refractivity contribution in [1.29, 1.82) is 0 Å². The maximum Gasteiger partial charge on any atom is 0.192 e. The molecule has 0 aliphatic heterocycles. The first-order chi connectivity index (χ1) is 17.3. The van der Waals surface area contributed by atoms with E-state index >= 15 is 0 Å². The van der Waals surface area contributed by atoms with Gasteiger partial charge < -0.3 is 28.1 Å². The molecule has 0 N–H and O–H groups in total. The van der Waals surface area contributed by atoms with E-state index in [-0.39, 0.29) is 5.04 Å². The van der Waals surface area contributed by atoms with E-state index in [0.717, 1.165) is 13.0 Å². The molecule has 0 amide bonds. The maximum atomic E-state index is 6.08. The first-order valence-electron chi connectivity index (χ1n) is 14.8. The fourth-order valence-electron chi connectivity index (χ4n) is 3.42. The van der Waals surface area contributed by atoms with Gasteiger partial charge in [-0.3, -0.25) is 0 Å². The van der Waals surface area contributed by atoms with Crippen molar-refractivity contribution in [3.8, 4) is 0 Å². The van der Waals surface area contributed by atoms with Crippen LogP contribution in [0, 0.1) is 0 Å². The van der Waals surface area contributed by atoms with Crippen molar-refractivity contribution in [2.75, 3.05) is 72.7 Å². The van der Waals surface area contributed by atoms with Crippen LogP contribution in [0.3, 0.4) is 0 Å². The van der Waals surface area contributed by atoms with Crippen LogP contribution in [-0.4, -0.2) is 81.0 Å². The van der Waals surface area contributed by atoms with Gasteiger partial charge in [0.15, 0.2) is 8.32 Å². The minimum absolute atomic E-state index is 0.237. The summed E-state index contributed by atoms with van der Waals surface area (Å²) in [5.74, 6) is 0. The van der Waals surface area contributed by atoms with Gasteiger partial charge in [0.05, 0.1) is 66.1 Å². The SMILES string of the molecule is CCCCCCCCCCCCCOCCOCCOCCOCCOCCO[Si](C)(C)C(C)(C)C. The number of ether oxygens (including phenoxy) is 5. The summed E-state index contributed by atoms with van der Waals surface area (Å²) in [5, 5.41) is 0.237. The molecule has 0 atom stereocenters. The standard InChI is InChI=1S/C29H62O6Si/c1-7-8-9-10-11-12-13-14-15-16-17-18-30-19-20-31-21-22-32-23-24-33-25-26-34-27-28-35-36(5,6)29(2,3)4/h7-28H2,1-6H3. The molecule has 6 nitrogen and oxygen atoms in total. The molecule has 0 bridgehead atoms. The summed E-state index contributed by atoms with van der Waals surface area (Å²) >= 11 is 0. The molecule has 0 rings (SSSR count). The van der Waals surface area contributed by atoms with Crippen molar-refractivity contribution in [3.63, 3.8) is 0 Å². The monoisotopic (exact) mass is 534 g/mol. The van der Waals surface area contributed by atoms with E-state index in [1.165, 1.54) is 64.2 Å². The van der Waals surface area contributed by atoms with Gasteiger partial charge in [0.1, 0.15) is 0 Å². The Bertz CT molecular complexity index is 442. The maximum absolute atomic E-state index is 6.08. The Balaban J connectivity index is 3.13. The predicted octanol–water partition coefficient (Wildman–Crippen LogP) is 7.40. The number of unbranched alkanes of at least 4 members (excludes halogenated alkanes) is 10. The lowest BCUT2D eigenvalue weighted by molar-refractivity contribution is -0.0131. The minimum atomic E-state index is -1.67. The summed E-state index contributed by atoms with van der Waals surface area (Å²) in [6.07, 6.45) is 15.0. The Kier molecular flexibility index (Phi) is 25.2. The zero-order chi connectivity index (χ0) is 26.8. The van der Waals surface area contributed by atoms with Gasteiger partial charge in [-0.1, -0.05) is 91.9 Å². The van der Waals surface area contributed by atoms with Crippen LogP contribution in [0.4, 0.5) is 0 Å². The first kappa shape index (κ1) is 36.0. The third-order valence-corrected chi connectivity index (χ3v) is 11.4. The van der Waals surface area contributed by atoms with Gasteiger partial charge in [-0.2, -0.15) is 0 Å². The Morgan fingerprint density at radius 3 is 1.08 bits per heavy atom. The molecular weight excluding hydrogens is 472 g/mol. The summed E-state index contributed by atoms with van der Waals surface area (Å²) in [4.78, 5) is 0. The second-order valence-corrected chi connectivity index (χ2v) is 16.0. The van der Waals surface area contributed by atoms with Crippen molar-refractivity contribution in [2.24, 2.45) is 0 Å². The number of hydrogen-bond donors (Lipinski definition) is 0. The van der Waals surface area contributed by atoms with Crippen LogP contribution in [0.25, 0.3) is 0 Å². The van der Waals surface area contributed by atoms with Crippen molar-refractivity contribution >= 4 is 8.32 Å². The molecule has 0 aromatic heterocycles. The fourth-order valence-corrected chi connectivity index (χ4v) is 4.45. The fraction of sp³-hybridized carbons (Fsp3) is 1.00. The van der Waals surface area contributed by atoms with E-state index in [4.69, 9.17) is 28.1 Å². The Labute approximate surface area is 225 Å². The predicted molar refractivity (Wildman–Crippen MR) is 154 cm³/mol. The summed E-state index contributed by atoms with van der Waals surface area (Å²) in [6.45, 7) is 20.5. The Hall–Kier alpha value is -0.0231. The second-order valence-electron chi connectivity index (χ2n) is 11.2. The van der Waals surface area contributed by atoms with Gasteiger partial charge >= 0.3 is 0 Å². The first-order valence-corrected chi connectivity index (χ1v) is 17.7. The highest BCUT2D eigenvalue weighted by Crippen LogP contribution is 2.36. The molecule has 0 aromatic rings. The molecule has 0 aromatic carbocycles. The van der Waals surface area contributed by atoms with Crippen LogP contribution in [-0.2, 0) is 28.1 Å². The van der Waals surface area contributed by atoms with Gasteiger partial charge in [-0.15, -0.1) is 0 Å². The largest absolute Gasteiger partial charge is 0.414 e. The van der Waals surface area contributed by atoms with Crippen molar-refractivity contribution in [3.05, 3.63) is 0 Å². The van der Waals surface area contributed by atoms with Crippen molar-refractivity contribution in [1.82, 2.24) is 0 Å². The minimum Gasteiger partial charge on any atom is -0.414 e. The highest BCUT2D eigenvalue weighted by molar-refractivity contribution is 6.74. The lowest BCUT2D eigenvalue weighted by Crippen LogP contribution is -2.41. The third-order valence-electron chi connectivity index (χ3n) is 6.88. The summed E-state index contributed by atoms with van der Waals surface area (Å²) in [7, 11) is -1.67. The zero-order valence-corrected chi connectivity index (χ0v) is 26.0. The molecule has 0 heterocycles. The molecule has 0 saturated carbocycles. The summed E-state index contributed by atoms with van der Waals surface area (Å²) < 4.78 is 33.9. The highest BCUT2D eigenvalue weighted by Gasteiger charge is 2.36. The van der Waals surface area contributed by atoms with Gasteiger partial charge in [-0.25, -0.2) is 0 Å². The molecule has 0 fully saturated rings. The van der Waals surface area contributed by atoms with Crippen LogP contribution < -0.4 is 0 Å². The highest BCUT2D eigenvalue weighted by atomic mass is 28.4. The van der Waals surface area contributed by atoms with E-state index < -0.39 is 8.32 Å². The molecule has 218 valence electrons. The Morgan fingerprint density at radius 1 is 0.417 bits per heavy atom. The number of rotatable bonds is 28. The third kappa shape index (κ3) is 24.3.